The maximum absolute atomic E-state index is 11.7. The maximum Gasteiger partial charge on any atom is 0.355 e. The summed E-state index contributed by atoms with van der Waals surface area (Å²) in [5.74, 6) is -0.845. The van der Waals surface area contributed by atoms with E-state index in [9.17, 15) is 9.59 Å². The summed E-state index contributed by atoms with van der Waals surface area (Å²) in [5.41, 5.74) is 0. The zero-order valence-electron chi connectivity index (χ0n) is 22.3. The topological polar surface area (TPSA) is 52.6 Å². The Labute approximate surface area is 205 Å². The molecule has 0 aromatic carbocycles. The summed E-state index contributed by atoms with van der Waals surface area (Å²) in [6.07, 6.45) is 29.5. The van der Waals surface area contributed by atoms with Crippen molar-refractivity contribution in [1.29, 1.82) is 0 Å². The Hall–Kier alpha value is -1.06. The molecule has 4 heteroatoms. The predicted octanol–water partition coefficient (Wildman–Crippen LogP) is 9.78. The van der Waals surface area contributed by atoms with Gasteiger partial charge >= 0.3 is 11.9 Å². The summed E-state index contributed by atoms with van der Waals surface area (Å²) in [6, 6.07) is 0. The van der Waals surface area contributed by atoms with E-state index >= 15 is 0 Å². The van der Waals surface area contributed by atoms with Crippen molar-refractivity contribution in [2.24, 2.45) is 0 Å². The first-order chi connectivity index (χ1) is 16.2. The monoisotopic (exact) mass is 468 g/mol. The molecule has 0 spiro atoms. The minimum atomic E-state index is -0.423. The molecule has 0 heterocycles. The third-order valence-corrected chi connectivity index (χ3v) is 6.45. The van der Waals surface area contributed by atoms with Crippen LogP contribution in [-0.2, 0) is 19.4 Å². The molecule has 0 rings (SSSR count). The van der Waals surface area contributed by atoms with Crippen molar-refractivity contribution >= 4 is 11.9 Å². The molecule has 4 nitrogen and oxygen atoms in total. The van der Waals surface area contributed by atoms with Gasteiger partial charge in [-0.2, -0.15) is 0 Å². The molecule has 0 amide bonds. The van der Waals surface area contributed by atoms with Gasteiger partial charge in [0.2, 0.25) is 0 Å². The predicted molar refractivity (Wildman–Crippen MR) is 139 cm³/mol. The van der Waals surface area contributed by atoms with E-state index in [1.54, 1.807) is 0 Å². The first-order valence-electron chi connectivity index (χ1n) is 14.6. The third-order valence-electron chi connectivity index (χ3n) is 6.45. The molecular formula is C29H56O4. The van der Waals surface area contributed by atoms with Crippen molar-refractivity contribution in [2.45, 2.75) is 174 Å². The zero-order valence-corrected chi connectivity index (χ0v) is 22.3. The SMILES string of the molecule is CCCCCCCCCCCCCCCC(=O)OOC(=O)CCCCCCCCCCCC. The van der Waals surface area contributed by atoms with Crippen molar-refractivity contribution in [3.63, 3.8) is 0 Å². The van der Waals surface area contributed by atoms with Crippen LogP contribution in [0.4, 0.5) is 0 Å². The molecule has 0 saturated heterocycles. The van der Waals surface area contributed by atoms with Crippen LogP contribution in [0.25, 0.3) is 0 Å². The van der Waals surface area contributed by atoms with Crippen LogP contribution in [0.2, 0.25) is 0 Å². The Balaban J connectivity index is 3.29. The quantitative estimate of drug-likeness (QED) is 0.0760. The van der Waals surface area contributed by atoms with Gasteiger partial charge in [-0.1, -0.05) is 149 Å². The molecule has 33 heavy (non-hydrogen) atoms. The largest absolute Gasteiger partial charge is 0.355 e. The van der Waals surface area contributed by atoms with Gasteiger partial charge in [-0.05, 0) is 12.8 Å². The first-order valence-corrected chi connectivity index (χ1v) is 14.6. The molecule has 0 aliphatic rings. The number of hydrogen-bond acceptors (Lipinski definition) is 4. The molecule has 196 valence electrons. The van der Waals surface area contributed by atoms with Crippen molar-refractivity contribution in [1.82, 2.24) is 0 Å². The molecule has 0 saturated carbocycles. The molecule has 0 fully saturated rings. The van der Waals surface area contributed by atoms with E-state index in [0.717, 1.165) is 25.7 Å². The summed E-state index contributed by atoms with van der Waals surface area (Å²) >= 11 is 0. The summed E-state index contributed by atoms with van der Waals surface area (Å²) in [4.78, 5) is 32.7. The Morgan fingerprint density at radius 2 is 0.576 bits per heavy atom. The highest BCUT2D eigenvalue weighted by Gasteiger charge is 2.09. The normalized spacial score (nSPS) is 11.0. The standard InChI is InChI=1S/C29H56O4/c1-3-5-7-9-11-13-15-16-17-19-21-23-25-27-29(31)33-32-28(30)26-24-22-20-18-14-12-10-8-6-4-2/h3-27H2,1-2H3. The van der Waals surface area contributed by atoms with Gasteiger partial charge in [0.1, 0.15) is 0 Å². The van der Waals surface area contributed by atoms with Crippen molar-refractivity contribution in [3.05, 3.63) is 0 Å². The number of hydrogen-bond donors (Lipinski definition) is 0. The number of carbonyl (C=O) groups excluding carboxylic acids is 2. The van der Waals surface area contributed by atoms with E-state index in [1.807, 2.05) is 0 Å². The zero-order chi connectivity index (χ0) is 24.2. The minimum Gasteiger partial charge on any atom is -0.247 e. The van der Waals surface area contributed by atoms with E-state index < -0.39 is 11.9 Å². The molecule has 0 aromatic heterocycles. The van der Waals surface area contributed by atoms with Crippen LogP contribution in [-0.4, -0.2) is 11.9 Å². The second-order valence-electron chi connectivity index (χ2n) is 9.84. The second-order valence-corrected chi connectivity index (χ2v) is 9.84. The van der Waals surface area contributed by atoms with Gasteiger partial charge < -0.3 is 0 Å². The van der Waals surface area contributed by atoms with E-state index in [-0.39, 0.29) is 0 Å². The van der Waals surface area contributed by atoms with Gasteiger partial charge in [-0.15, -0.1) is 0 Å². The van der Waals surface area contributed by atoms with Gasteiger partial charge in [-0.25, -0.2) is 19.4 Å². The lowest BCUT2D eigenvalue weighted by atomic mass is 10.0. The maximum atomic E-state index is 11.7. The van der Waals surface area contributed by atoms with Crippen molar-refractivity contribution < 1.29 is 19.4 Å². The Kier molecular flexibility index (Phi) is 26.3. The molecule has 0 atom stereocenters. The summed E-state index contributed by atoms with van der Waals surface area (Å²) in [7, 11) is 0. The average molecular weight is 469 g/mol. The molecule has 0 N–H and O–H groups in total. The molecule has 0 aliphatic carbocycles. The lowest BCUT2D eigenvalue weighted by molar-refractivity contribution is -0.259. The van der Waals surface area contributed by atoms with E-state index in [2.05, 4.69) is 23.6 Å². The molecule has 0 bridgehead atoms. The minimum absolute atomic E-state index is 0.336. The van der Waals surface area contributed by atoms with Gasteiger partial charge in [0.15, 0.2) is 0 Å². The van der Waals surface area contributed by atoms with Crippen LogP contribution >= 0.6 is 0 Å². The van der Waals surface area contributed by atoms with Crippen LogP contribution in [0, 0.1) is 0 Å². The van der Waals surface area contributed by atoms with Gasteiger partial charge in [0, 0.05) is 0 Å². The summed E-state index contributed by atoms with van der Waals surface area (Å²) in [5, 5.41) is 0. The van der Waals surface area contributed by atoms with Crippen LogP contribution in [0.15, 0.2) is 0 Å². The van der Waals surface area contributed by atoms with E-state index in [0.29, 0.717) is 12.8 Å². The summed E-state index contributed by atoms with van der Waals surface area (Å²) in [6.45, 7) is 4.50. The molecule has 0 radical (unpaired) electrons. The highest BCUT2D eigenvalue weighted by atomic mass is 17.2. The van der Waals surface area contributed by atoms with E-state index in [1.165, 1.54) is 122 Å². The number of rotatable bonds is 25. The molecule has 0 aliphatic heterocycles. The fourth-order valence-corrected chi connectivity index (χ4v) is 4.22. The molecule has 0 unspecified atom stereocenters. The number of unbranched alkanes of at least 4 members (excludes halogenated alkanes) is 21. The van der Waals surface area contributed by atoms with Gasteiger partial charge in [0.25, 0.3) is 0 Å². The van der Waals surface area contributed by atoms with Crippen LogP contribution in [0.1, 0.15) is 174 Å². The van der Waals surface area contributed by atoms with Crippen molar-refractivity contribution in [3.8, 4) is 0 Å². The van der Waals surface area contributed by atoms with Crippen LogP contribution in [0.3, 0.4) is 0 Å². The Morgan fingerprint density at radius 1 is 0.364 bits per heavy atom. The lowest BCUT2D eigenvalue weighted by Gasteiger charge is -2.05. The highest BCUT2D eigenvalue weighted by molar-refractivity contribution is 5.72. The van der Waals surface area contributed by atoms with Gasteiger partial charge in [0.05, 0.1) is 12.8 Å². The fraction of sp³-hybridized carbons (Fsp3) is 0.931. The van der Waals surface area contributed by atoms with Gasteiger partial charge in [-0.3, -0.25) is 0 Å². The Bertz CT molecular complexity index is 422. The highest BCUT2D eigenvalue weighted by Crippen LogP contribution is 2.14. The van der Waals surface area contributed by atoms with E-state index in [4.69, 9.17) is 0 Å². The first kappa shape index (κ1) is 31.9. The second kappa shape index (κ2) is 27.2. The van der Waals surface area contributed by atoms with Crippen LogP contribution in [0.5, 0.6) is 0 Å². The smallest absolute Gasteiger partial charge is 0.247 e. The van der Waals surface area contributed by atoms with Crippen LogP contribution < -0.4 is 0 Å². The molecular weight excluding hydrogens is 412 g/mol. The number of carbonyl (C=O) groups is 2. The summed E-state index contributed by atoms with van der Waals surface area (Å²) < 4.78 is 0. The average Bonchev–Trinajstić information content (AvgIpc) is 2.82. The lowest BCUT2D eigenvalue weighted by Crippen LogP contribution is -2.11. The third kappa shape index (κ3) is 27.1. The fourth-order valence-electron chi connectivity index (χ4n) is 4.22. The van der Waals surface area contributed by atoms with Crippen molar-refractivity contribution in [2.75, 3.05) is 0 Å². The molecule has 0 aromatic rings. The Morgan fingerprint density at radius 3 is 0.818 bits per heavy atom.